The number of pyridine rings is 1. The maximum absolute atomic E-state index is 11.9. The summed E-state index contributed by atoms with van der Waals surface area (Å²) in [6.45, 7) is 0.617. The lowest BCUT2D eigenvalue weighted by Gasteiger charge is -2.30. The topological polar surface area (TPSA) is 62.2 Å². The van der Waals surface area contributed by atoms with Crippen LogP contribution in [0.3, 0.4) is 0 Å². The third-order valence-corrected chi connectivity index (χ3v) is 3.46. The Morgan fingerprint density at radius 1 is 1.37 bits per heavy atom. The van der Waals surface area contributed by atoms with E-state index in [-0.39, 0.29) is 11.7 Å². The SMILES string of the molecule is O=C(NCC1Cc2ccccc21)c1cncc(O)c1. The van der Waals surface area contributed by atoms with E-state index in [1.165, 1.54) is 29.6 Å². The second-order valence-electron chi connectivity index (χ2n) is 4.74. The lowest BCUT2D eigenvalue weighted by Crippen LogP contribution is -2.33. The van der Waals surface area contributed by atoms with Gasteiger partial charge in [0.1, 0.15) is 5.75 Å². The van der Waals surface area contributed by atoms with Crippen LogP contribution in [0, 0.1) is 0 Å². The van der Waals surface area contributed by atoms with Gasteiger partial charge in [-0.25, -0.2) is 0 Å². The molecule has 0 saturated carbocycles. The Morgan fingerprint density at radius 2 is 2.21 bits per heavy atom. The van der Waals surface area contributed by atoms with Crippen molar-refractivity contribution in [2.75, 3.05) is 6.54 Å². The highest BCUT2D eigenvalue weighted by molar-refractivity contribution is 5.94. The van der Waals surface area contributed by atoms with Gasteiger partial charge in [0.05, 0.1) is 11.8 Å². The zero-order valence-electron chi connectivity index (χ0n) is 10.3. The zero-order chi connectivity index (χ0) is 13.2. The summed E-state index contributed by atoms with van der Waals surface area (Å²) in [6.07, 6.45) is 3.76. The van der Waals surface area contributed by atoms with Crippen LogP contribution in [0.25, 0.3) is 0 Å². The Labute approximate surface area is 111 Å². The van der Waals surface area contributed by atoms with E-state index in [1.54, 1.807) is 0 Å². The molecule has 3 rings (SSSR count). The third kappa shape index (κ3) is 2.29. The van der Waals surface area contributed by atoms with Crippen LogP contribution in [0.1, 0.15) is 27.4 Å². The first kappa shape index (κ1) is 11.7. The summed E-state index contributed by atoms with van der Waals surface area (Å²) in [5.74, 6) is 0.194. The van der Waals surface area contributed by atoms with Crippen molar-refractivity contribution in [3.8, 4) is 5.75 Å². The van der Waals surface area contributed by atoms with Crippen LogP contribution < -0.4 is 5.32 Å². The number of benzene rings is 1. The summed E-state index contributed by atoms with van der Waals surface area (Å²) in [5.41, 5.74) is 3.06. The van der Waals surface area contributed by atoms with Gasteiger partial charge < -0.3 is 10.4 Å². The fourth-order valence-corrected chi connectivity index (χ4v) is 2.41. The van der Waals surface area contributed by atoms with Crippen LogP contribution in [0.5, 0.6) is 5.75 Å². The summed E-state index contributed by atoms with van der Waals surface area (Å²) >= 11 is 0. The molecular weight excluding hydrogens is 240 g/mol. The van der Waals surface area contributed by atoms with Crippen LogP contribution in [0.15, 0.2) is 42.7 Å². The molecule has 0 saturated heterocycles. The van der Waals surface area contributed by atoms with Gasteiger partial charge in [-0.2, -0.15) is 0 Å². The molecule has 0 fully saturated rings. The van der Waals surface area contributed by atoms with E-state index in [0.717, 1.165) is 6.42 Å². The van der Waals surface area contributed by atoms with E-state index in [2.05, 4.69) is 22.4 Å². The second kappa shape index (κ2) is 4.72. The molecule has 4 heteroatoms. The van der Waals surface area contributed by atoms with Gasteiger partial charge in [0.25, 0.3) is 5.91 Å². The Hall–Kier alpha value is -2.36. The lowest BCUT2D eigenvalue weighted by atomic mass is 9.77. The molecule has 0 bridgehead atoms. The lowest BCUT2D eigenvalue weighted by molar-refractivity contribution is 0.0949. The average Bonchev–Trinajstić information content (AvgIpc) is 2.39. The van der Waals surface area contributed by atoms with E-state index in [1.807, 2.05) is 12.1 Å². The number of nitrogens with zero attached hydrogens (tertiary/aromatic N) is 1. The molecule has 2 N–H and O–H groups in total. The van der Waals surface area contributed by atoms with Crippen LogP contribution in [0.4, 0.5) is 0 Å². The number of amides is 1. The van der Waals surface area contributed by atoms with Gasteiger partial charge in [0.15, 0.2) is 0 Å². The number of aromatic nitrogens is 1. The standard InChI is InChI=1S/C15H14N2O2/c18-13-6-12(7-16-9-13)15(19)17-8-11-5-10-3-1-2-4-14(10)11/h1-4,6-7,9,11,18H,5,8H2,(H,17,19). The second-order valence-corrected chi connectivity index (χ2v) is 4.74. The van der Waals surface area contributed by atoms with Gasteiger partial charge in [0.2, 0.25) is 0 Å². The minimum absolute atomic E-state index is 0.00152. The molecule has 0 radical (unpaired) electrons. The van der Waals surface area contributed by atoms with Crippen molar-refractivity contribution in [2.24, 2.45) is 0 Å². The molecular formula is C15H14N2O2. The van der Waals surface area contributed by atoms with Gasteiger partial charge in [-0.1, -0.05) is 24.3 Å². The molecule has 4 nitrogen and oxygen atoms in total. The molecule has 1 aromatic heterocycles. The highest BCUT2D eigenvalue weighted by atomic mass is 16.3. The molecule has 96 valence electrons. The van der Waals surface area contributed by atoms with Gasteiger partial charge >= 0.3 is 0 Å². The van der Waals surface area contributed by atoms with Crippen LogP contribution in [-0.2, 0) is 6.42 Å². The number of hydrogen-bond acceptors (Lipinski definition) is 3. The molecule has 1 heterocycles. The quantitative estimate of drug-likeness (QED) is 0.878. The minimum atomic E-state index is -0.201. The monoisotopic (exact) mass is 254 g/mol. The van der Waals surface area contributed by atoms with Crippen molar-refractivity contribution >= 4 is 5.91 Å². The van der Waals surface area contributed by atoms with Crippen molar-refractivity contribution in [3.63, 3.8) is 0 Å². The third-order valence-electron chi connectivity index (χ3n) is 3.46. The molecule has 1 aliphatic rings. The van der Waals surface area contributed by atoms with Gasteiger partial charge in [0, 0.05) is 18.7 Å². The van der Waals surface area contributed by atoms with E-state index < -0.39 is 0 Å². The Balaban J connectivity index is 1.61. The fraction of sp³-hybridized carbons (Fsp3) is 0.200. The van der Waals surface area contributed by atoms with E-state index in [4.69, 9.17) is 0 Å². The Kier molecular flexibility index (Phi) is 2.91. The molecule has 1 atom stereocenters. The number of nitrogens with one attached hydrogen (secondary N) is 1. The number of carbonyl (C=O) groups excluding carboxylic acids is 1. The van der Waals surface area contributed by atoms with E-state index in [0.29, 0.717) is 18.0 Å². The van der Waals surface area contributed by atoms with E-state index >= 15 is 0 Å². The van der Waals surface area contributed by atoms with Crippen molar-refractivity contribution in [3.05, 3.63) is 59.4 Å². The first-order valence-electron chi connectivity index (χ1n) is 6.24. The zero-order valence-corrected chi connectivity index (χ0v) is 10.3. The molecule has 0 aliphatic heterocycles. The predicted molar refractivity (Wildman–Crippen MR) is 71.1 cm³/mol. The summed E-state index contributed by atoms with van der Waals surface area (Å²) < 4.78 is 0. The first-order chi connectivity index (χ1) is 9.24. The summed E-state index contributed by atoms with van der Waals surface area (Å²) in [7, 11) is 0. The van der Waals surface area contributed by atoms with Crippen molar-refractivity contribution in [1.29, 1.82) is 0 Å². The van der Waals surface area contributed by atoms with Gasteiger partial charge in [-0.05, 0) is 23.6 Å². The molecule has 19 heavy (non-hydrogen) atoms. The molecule has 1 amide bonds. The predicted octanol–water partition coefficient (Wildman–Crippen LogP) is 1.86. The van der Waals surface area contributed by atoms with Gasteiger partial charge in [-0.3, -0.25) is 9.78 Å². The Bertz CT molecular complexity index is 625. The molecule has 1 aromatic carbocycles. The minimum Gasteiger partial charge on any atom is -0.506 e. The maximum Gasteiger partial charge on any atom is 0.253 e. The van der Waals surface area contributed by atoms with Crippen molar-refractivity contribution in [1.82, 2.24) is 10.3 Å². The molecule has 0 spiro atoms. The normalized spacial score (nSPS) is 16.3. The highest BCUT2D eigenvalue weighted by Crippen LogP contribution is 2.33. The fourth-order valence-electron chi connectivity index (χ4n) is 2.41. The summed E-state index contributed by atoms with van der Waals surface area (Å²) in [4.78, 5) is 15.7. The highest BCUT2D eigenvalue weighted by Gasteiger charge is 2.25. The summed E-state index contributed by atoms with van der Waals surface area (Å²) in [6, 6.07) is 9.69. The Morgan fingerprint density at radius 3 is 3.00 bits per heavy atom. The summed E-state index contributed by atoms with van der Waals surface area (Å²) in [5, 5.41) is 12.2. The van der Waals surface area contributed by atoms with Gasteiger partial charge in [-0.15, -0.1) is 0 Å². The van der Waals surface area contributed by atoms with Crippen LogP contribution in [-0.4, -0.2) is 22.5 Å². The van der Waals surface area contributed by atoms with Crippen LogP contribution in [0.2, 0.25) is 0 Å². The molecule has 2 aromatic rings. The number of hydrogen-bond donors (Lipinski definition) is 2. The average molecular weight is 254 g/mol. The van der Waals surface area contributed by atoms with E-state index in [9.17, 15) is 9.90 Å². The smallest absolute Gasteiger partial charge is 0.253 e. The maximum atomic E-state index is 11.9. The number of fused-ring (bicyclic) bond motifs is 1. The van der Waals surface area contributed by atoms with Crippen LogP contribution >= 0.6 is 0 Å². The largest absolute Gasteiger partial charge is 0.506 e. The molecule has 1 aliphatic carbocycles. The molecule has 1 unspecified atom stereocenters. The van der Waals surface area contributed by atoms with Crippen molar-refractivity contribution in [2.45, 2.75) is 12.3 Å². The number of aromatic hydroxyl groups is 1. The number of rotatable bonds is 3. The number of carbonyl (C=O) groups is 1. The first-order valence-corrected chi connectivity index (χ1v) is 6.24. The van der Waals surface area contributed by atoms with Crippen molar-refractivity contribution < 1.29 is 9.90 Å².